The van der Waals surface area contributed by atoms with Crippen molar-refractivity contribution in [3.8, 4) is 0 Å². The lowest BCUT2D eigenvalue weighted by atomic mass is 10.1. The Morgan fingerprint density at radius 2 is 1.95 bits per heavy atom. The van der Waals surface area contributed by atoms with Gasteiger partial charge >= 0.3 is 0 Å². The summed E-state index contributed by atoms with van der Waals surface area (Å²) < 4.78 is 23.3. The Labute approximate surface area is 138 Å². The van der Waals surface area contributed by atoms with E-state index in [9.17, 15) is 13.2 Å². The molecule has 124 valence electrons. The van der Waals surface area contributed by atoms with Crippen molar-refractivity contribution in [2.45, 2.75) is 32.4 Å². The fourth-order valence-corrected chi connectivity index (χ4v) is 4.39. The van der Waals surface area contributed by atoms with Crippen molar-refractivity contribution in [3.05, 3.63) is 35.4 Å². The first kappa shape index (κ1) is 18.9. The van der Waals surface area contributed by atoms with Crippen LogP contribution in [0.2, 0.25) is 0 Å². The Morgan fingerprint density at radius 1 is 1.32 bits per heavy atom. The Kier molecular flexibility index (Phi) is 6.84. The summed E-state index contributed by atoms with van der Waals surface area (Å²) >= 11 is 0. The zero-order chi connectivity index (χ0) is 15.5. The molecule has 1 aliphatic heterocycles. The van der Waals surface area contributed by atoms with E-state index in [1.165, 1.54) is 0 Å². The molecule has 1 aromatic rings. The van der Waals surface area contributed by atoms with Crippen LogP contribution in [0, 0.1) is 0 Å². The van der Waals surface area contributed by atoms with Gasteiger partial charge in [-0.1, -0.05) is 19.1 Å². The monoisotopic (exact) mass is 346 g/mol. The largest absolute Gasteiger partial charge is 0.335 e. The second-order valence-corrected chi connectivity index (χ2v) is 7.69. The number of sulfone groups is 1. The number of carbonyl (C=O) groups excluding carboxylic acids is 1. The molecule has 1 aliphatic rings. The highest BCUT2D eigenvalue weighted by atomic mass is 35.5. The molecule has 0 radical (unpaired) electrons. The molecule has 0 saturated carbocycles. The van der Waals surface area contributed by atoms with Gasteiger partial charge < -0.3 is 10.6 Å². The predicted octanol–water partition coefficient (Wildman–Crippen LogP) is 1.61. The lowest BCUT2D eigenvalue weighted by molar-refractivity contribution is 0.0697. The average molecular weight is 347 g/mol. The first-order valence-electron chi connectivity index (χ1n) is 7.27. The number of hydrogen-bond donors (Lipinski definition) is 1. The topological polar surface area (TPSA) is 80.5 Å². The molecule has 1 aromatic carbocycles. The van der Waals surface area contributed by atoms with Crippen molar-refractivity contribution in [1.82, 2.24) is 4.90 Å². The third-order valence-electron chi connectivity index (χ3n) is 3.81. The van der Waals surface area contributed by atoms with Crippen LogP contribution in [0.3, 0.4) is 0 Å². The minimum atomic E-state index is -3.00. The van der Waals surface area contributed by atoms with Gasteiger partial charge in [0.05, 0.1) is 11.5 Å². The summed E-state index contributed by atoms with van der Waals surface area (Å²) in [5.41, 5.74) is 7.11. The molecule has 1 fully saturated rings. The van der Waals surface area contributed by atoms with E-state index in [-0.39, 0.29) is 35.9 Å². The molecular formula is C15H23ClN2O3S. The summed E-state index contributed by atoms with van der Waals surface area (Å²) in [7, 11) is -3.00. The summed E-state index contributed by atoms with van der Waals surface area (Å²) in [5.74, 6) is 0.166. The molecular weight excluding hydrogens is 324 g/mol. The number of nitrogens with two attached hydrogens (primary N) is 1. The second kappa shape index (κ2) is 7.94. The molecule has 1 unspecified atom stereocenters. The number of hydrogen-bond acceptors (Lipinski definition) is 4. The van der Waals surface area contributed by atoms with Crippen LogP contribution in [0.4, 0.5) is 0 Å². The summed E-state index contributed by atoms with van der Waals surface area (Å²) in [6.07, 6.45) is 1.35. The van der Waals surface area contributed by atoms with E-state index < -0.39 is 9.84 Å². The molecule has 1 heterocycles. The standard InChI is InChI=1S/C15H22N2O3S.ClH/c1-2-8-17(14-7-9-21(19,20)11-14)15(18)13-5-3-12(10-16)4-6-13;/h3-6,14H,2,7-11,16H2,1H3;1H. The molecule has 2 N–H and O–H groups in total. The minimum absolute atomic E-state index is 0. The maximum Gasteiger partial charge on any atom is 0.254 e. The first-order valence-corrected chi connectivity index (χ1v) is 9.09. The van der Waals surface area contributed by atoms with Crippen LogP contribution < -0.4 is 5.73 Å². The normalized spacial score (nSPS) is 19.5. The van der Waals surface area contributed by atoms with E-state index >= 15 is 0 Å². The van der Waals surface area contributed by atoms with Gasteiger partial charge in [-0.05, 0) is 30.5 Å². The molecule has 2 rings (SSSR count). The lowest BCUT2D eigenvalue weighted by Crippen LogP contribution is -2.41. The van der Waals surface area contributed by atoms with Gasteiger partial charge in [-0.25, -0.2) is 8.42 Å². The van der Waals surface area contributed by atoms with Crippen LogP contribution in [0.15, 0.2) is 24.3 Å². The highest BCUT2D eigenvalue weighted by Crippen LogP contribution is 2.20. The van der Waals surface area contributed by atoms with Crippen molar-refractivity contribution in [2.24, 2.45) is 5.73 Å². The maximum absolute atomic E-state index is 12.6. The van der Waals surface area contributed by atoms with E-state index in [1.807, 2.05) is 19.1 Å². The van der Waals surface area contributed by atoms with Crippen LogP contribution >= 0.6 is 12.4 Å². The number of nitrogens with zero attached hydrogens (tertiary/aromatic N) is 1. The van der Waals surface area contributed by atoms with Crippen LogP contribution in [0.25, 0.3) is 0 Å². The number of carbonyl (C=O) groups is 1. The number of rotatable bonds is 5. The van der Waals surface area contributed by atoms with E-state index in [0.29, 0.717) is 25.1 Å². The van der Waals surface area contributed by atoms with E-state index in [4.69, 9.17) is 5.73 Å². The van der Waals surface area contributed by atoms with Crippen LogP contribution in [0.1, 0.15) is 35.7 Å². The van der Waals surface area contributed by atoms with Crippen molar-refractivity contribution in [3.63, 3.8) is 0 Å². The minimum Gasteiger partial charge on any atom is -0.335 e. The Hall–Kier alpha value is -1.11. The second-order valence-electron chi connectivity index (χ2n) is 5.46. The van der Waals surface area contributed by atoms with Gasteiger partial charge in [0, 0.05) is 24.7 Å². The fraction of sp³-hybridized carbons (Fsp3) is 0.533. The van der Waals surface area contributed by atoms with Crippen LogP contribution in [0.5, 0.6) is 0 Å². The molecule has 5 nitrogen and oxygen atoms in total. The smallest absolute Gasteiger partial charge is 0.254 e. The molecule has 0 aromatic heterocycles. The Morgan fingerprint density at radius 3 is 2.41 bits per heavy atom. The molecule has 22 heavy (non-hydrogen) atoms. The number of benzene rings is 1. The lowest BCUT2D eigenvalue weighted by Gasteiger charge is -2.28. The van der Waals surface area contributed by atoms with E-state index in [0.717, 1.165) is 12.0 Å². The van der Waals surface area contributed by atoms with Crippen molar-refractivity contribution in [2.75, 3.05) is 18.1 Å². The highest BCUT2D eigenvalue weighted by molar-refractivity contribution is 7.91. The molecule has 0 spiro atoms. The zero-order valence-corrected chi connectivity index (χ0v) is 14.3. The predicted molar refractivity (Wildman–Crippen MR) is 90.0 cm³/mol. The van der Waals surface area contributed by atoms with E-state index in [1.54, 1.807) is 17.0 Å². The van der Waals surface area contributed by atoms with Gasteiger partial charge in [0.2, 0.25) is 0 Å². The quantitative estimate of drug-likeness (QED) is 0.878. The molecule has 1 amide bonds. The molecule has 0 bridgehead atoms. The summed E-state index contributed by atoms with van der Waals surface area (Å²) in [6.45, 7) is 3.01. The molecule has 1 atom stereocenters. The van der Waals surface area contributed by atoms with Crippen LogP contribution in [-0.4, -0.2) is 43.3 Å². The molecule has 1 saturated heterocycles. The van der Waals surface area contributed by atoms with Crippen molar-refractivity contribution in [1.29, 1.82) is 0 Å². The van der Waals surface area contributed by atoms with Gasteiger partial charge in [-0.3, -0.25) is 4.79 Å². The van der Waals surface area contributed by atoms with Crippen molar-refractivity contribution < 1.29 is 13.2 Å². The van der Waals surface area contributed by atoms with Gasteiger partial charge in [0.25, 0.3) is 5.91 Å². The Bertz CT molecular complexity index is 602. The van der Waals surface area contributed by atoms with Gasteiger partial charge in [-0.15, -0.1) is 12.4 Å². The number of halogens is 1. The summed E-state index contributed by atoms with van der Waals surface area (Å²) in [6, 6.07) is 7.00. The average Bonchev–Trinajstić information content (AvgIpc) is 2.84. The summed E-state index contributed by atoms with van der Waals surface area (Å²) in [4.78, 5) is 14.3. The summed E-state index contributed by atoms with van der Waals surface area (Å²) in [5, 5.41) is 0. The van der Waals surface area contributed by atoms with Gasteiger partial charge in [-0.2, -0.15) is 0 Å². The third kappa shape index (κ3) is 4.44. The fourth-order valence-electron chi connectivity index (χ4n) is 2.66. The molecule has 7 heteroatoms. The third-order valence-corrected chi connectivity index (χ3v) is 5.56. The highest BCUT2D eigenvalue weighted by Gasteiger charge is 2.34. The van der Waals surface area contributed by atoms with Crippen LogP contribution in [-0.2, 0) is 16.4 Å². The zero-order valence-electron chi connectivity index (χ0n) is 12.7. The SMILES string of the molecule is CCCN(C(=O)c1ccc(CN)cc1)C1CCS(=O)(=O)C1.Cl. The maximum atomic E-state index is 12.6. The first-order chi connectivity index (χ1) is 9.96. The van der Waals surface area contributed by atoms with Crippen molar-refractivity contribution >= 4 is 28.2 Å². The van der Waals surface area contributed by atoms with E-state index in [2.05, 4.69) is 0 Å². The number of amides is 1. The van der Waals surface area contributed by atoms with Gasteiger partial charge in [0.1, 0.15) is 0 Å². The molecule has 0 aliphatic carbocycles. The Balaban J connectivity index is 0.00000242. The van der Waals surface area contributed by atoms with Gasteiger partial charge in [0.15, 0.2) is 9.84 Å².